The number of likely N-dealkylation sites (tertiary alicyclic amines) is 1. The van der Waals surface area contributed by atoms with E-state index in [0.29, 0.717) is 10.9 Å². The average Bonchev–Trinajstić information content (AvgIpc) is 3.30. The zero-order valence-electron chi connectivity index (χ0n) is 12.3. The van der Waals surface area contributed by atoms with E-state index in [-0.39, 0.29) is 5.91 Å². The smallest absolute Gasteiger partial charge is 0.235 e. The molecular weight excluding hydrogens is 280 g/mol. The molecule has 0 bridgehead atoms. The van der Waals surface area contributed by atoms with Gasteiger partial charge in [0.05, 0.1) is 10.4 Å². The first-order chi connectivity index (χ1) is 10.1. The average molecular weight is 302 g/mol. The quantitative estimate of drug-likeness (QED) is 0.869. The third-order valence-electron chi connectivity index (χ3n) is 4.90. The molecule has 0 aromatic heterocycles. The highest BCUT2D eigenvalue weighted by Crippen LogP contribution is 2.48. The van der Waals surface area contributed by atoms with E-state index in [1.807, 2.05) is 4.90 Å². The van der Waals surface area contributed by atoms with Crippen molar-refractivity contribution in [2.75, 3.05) is 13.1 Å². The van der Waals surface area contributed by atoms with Gasteiger partial charge in [-0.3, -0.25) is 4.79 Å². The molecule has 21 heavy (non-hydrogen) atoms. The van der Waals surface area contributed by atoms with E-state index in [1.165, 1.54) is 5.56 Å². The Morgan fingerprint density at radius 3 is 2.38 bits per heavy atom. The number of amides is 1. The summed E-state index contributed by atoms with van der Waals surface area (Å²) in [5, 5.41) is 0. The molecule has 1 aromatic carbocycles. The summed E-state index contributed by atoms with van der Waals surface area (Å²) in [5.41, 5.74) is 6.66. The van der Waals surface area contributed by atoms with Crippen LogP contribution in [0.2, 0.25) is 0 Å². The van der Waals surface area contributed by atoms with Gasteiger partial charge in [0.15, 0.2) is 0 Å². The SMILES string of the molecule is NC(=S)C1(C(=O)N2CCC(Cc3ccccc3)CC2)CC1. The lowest BCUT2D eigenvalue weighted by atomic mass is 9.89. The molecule has 4 heteroatoms. The molecule has 1 amide bonds. The first-order valence-electron chi connectivity index (χ1n) is 7.75. The van der Waals surface area contributed by atoms with Crippen molar-refractivity contribution in [1.29, 1.82) is 0 Å². The Morgan fingerprint density at radius 1 is 1.24 bits per heavy atom. The number of hydrogen-bond donors (Lipinski definition) is 1. The van der Waals surface area contributed by atoms with E-state index < -0.39 is 5.41 Å². The molecule has 0 unspecified atom stereocenters. The van der Waals surface area contributed by atoms with E-state index in [1.54, 1.807) is 0 Å². The van der Waals surface area contributed by atoms with Crippen LogP contribution in [-0.4, -0.2) is 28.9 Å². The Balaban J connectivity index is 1.54. The number of carbonyl (C=O) groups excluding carboxylic acids is 1. The van der Waals surface area contributed by atoms with Gasteiger partial charge >= 0.3 is 0 Å². The van der Waals surface area contributed by atoms with E-state index in [0.717, 1.165) is 45.2 Å². The Morgan fingerprint density at radius 2 is 1.86 bits per heavy atom. The van der Waals surface area contributed by atoms with Crippen LogP contribution < -0.4 is 5.73 Å². The highest BCUT2D eigenvalue weighted by molar-refractivity contribution is 7.80. The van der Waals surface area contributed by atoms with Gasteiger partial charge < -0.3 is 10.6 Å². The minimum atomic E-state index is -0.485. The number of rotatable bonds is 4. The van der Waals surface area contributed by atoms with Crippen LogP contribution in [0.5, 0.6) is 0 Å². The lowest BCUT2D eigenvalue weighted by Gasteiger charge is -2.34. The Kier molecular flexibility index (Phi) is 3.98. The third kappa shape index (κ3) is 2.95. The standard InChI is InChI=1S/C17H22N2OS/c18-15(21)17(8-9-17)16(20)19-10-6-14(7-11-19)12-13-4-2-1-3-5-13/h1-5,14H,6-12H2,(H2,18,21). The van der Waals surface area contributed by atoms with Gasteiger partial charge in [-0.1, -0.05) is 42.5 Å². The zero-order chi connectivity index (χ0) is 14.9. The lowest BCUT2D eigenvalue weighted by Crippen LogP contribution is -2.46. The molecule has 1 saturated carbocycles. The number of hydrogen-bond acceptors (Lipinski definition) is 2. The summed E-state index contributed by atoms with van der Waals surface area (Å²) in [6.45, 7) is 1.70. The van der Waals surface area contributed by atoms with Crippen molar-refractivity contribution in [3.05, 3.63) is 35.9 Å². The minimum absolute atomic E-state index is 0.174. The first-order valence-corrected chi connectivity index (χ1v) is 8.16. The van der Waals surface area contributed by atoms with Gasteiger partial charge in [0.2, 0.25) is 5.91 Å². The molecule has 1 aromatic rings. The molecular formula is C17H22N2OS. The molecule has 1 aliphatic carbocycles. The van der Waals surface area contributed by atoms with Crippen LogP contribution in [-0.2, 0) is 11.2 Å². The highest BCUT2D eigenvalue weighted by Gasteiger charge is 2.54. The van der Waals surface area contributed by atoms with E-state index in [9.17, 15) is 4.79 Å². The normalized spacial score (nSPS) is 21.0. The second-order valence-electron chi connectivity index (χ2n) is 6.37. The van der Waals surface area contributed by atoms with E-state index in [2.05, 4.69) is 30.3 Å². The van der Waals surface area contributed by atoms with E-state index >= 15 is 0 Å². The fourth-order valence-electron chi connectivity index (χ4n) is 3.28. The molecule has 3 nitrogen and oxygen atoms in total. The van der Waals surface area contributed by atoms with Crippen molar-refractivity contribution >= 4 is 23.1 Å². The Hall–Kier alpha value is -1.42. The van der Waals surface area contributed by atoms with Crippen LogP contribution in [0.15, 0.2) is 30.3 Å². The molecule has 1 saturated heterocycles. The minimum Gasteiger partial charge on any atom is -0.392 e. The van der Waals surface area contributed by atoms with Gasteiger partial charge in [0.25, 0.3) is 0 Å². The van der Waals surface area contributed by atoms with E-state index in [4.69, 9.17) is 18.0 Å². The van der Waals surface area contributed by atoms with Gasteiger partial charge in [-0.15, -0.1) is 0 Å². The van der Waals surface area contributed by atoms with Gasteiger partial charge in [0, 0.05) is 13.1 Å². The van der Waals surface area contributed by atoms with Gasteiger partial charge in [-0.05, 0) is 43.6 Å². The fraction of sp³-hybridized carbons (Fsp3) is 0.529. The molecule has 3 rings (SSSR count). The maximum Gasteiger partial charge on any atom is 0.235 e. The van der Waals surface area contributed by atoms with Crippen molar-refractivity contribution in [3.8, 4) is 0 Å². The zero-order valence-corrected chi connectivity index (χ0v) is 13.1. The summed E-state index contributed by atoms with van der Waals surface area (Å²) in [6, 6.07) is 10.6. The van der Waals surface area contributed by atoms with Crippen LogP contribution in [0, 0.1) is 11.3 Å². The predicted molar refractivity (Wildman–Crippen MR) is 87.9 cm³/mol. The van der Waals surface area contributed by atoms with Gasteiger partial charge in [-0.25, -0.2) is 0 Å². The molecule has 2 aliphatic rings. The van der Waals surface area contributed by atoms with Crippen LogP contribution in [0.25, 0.3) is 0 Å². The summed E-state index contributed by atoms with van der Waals surface area (Å²) in [4.78, 5) is 14.9. The number of benzene rings is 1. The first kappa shape index (κ1) is 14.5. The molecule has 0 spiro atoms. The number of nitrogens with two attached hydrogens (primary N) is 1. The van der Waals surface area contributed by atoms with Crippen molar-refractivity contribution in [3.63, 3.8) is 0 Å². The summed E-state index contributed by atoms with van der Waals surface area (Å²) < 4.78 is 0. The molecule has 2 fully saturated rings. The van der Waals surface area contributed by atoms with Crippen LogP contribution in [0.4, 0.5) is 0 Å². The molecule has 2 N–H and O–H groups in total. The number of nitrogens with zero attached hydrogens (tertiary/aromatic N) is 1. The topological polar surface area (TPSA) is 46.3 Å². The van der Waals surface area contributed by atoms with Crippen LogP contribution >= 0.6 is 12.2 Å². The van der Waals surface area contributed by atoms with Crippen molar-refractivity contribution in [2.45, 2.75) is 32.1 Å². The molecule has 1 heterocycles. The van der Waals surface area contributed by atoms with Crippen LogP contribution in [0.3, 0.4) is 0 Å². The molecule has 0 atom stereocenters. The second kappa shape index (κ2) is 5.76. The number of carbonyl (C=O) groups is 1. The maximum atomic E-state index is 12.5. The Bertz CT molecular complexity index is 531. The lowest BCUT2D eigenvalue weighted by molar-refractivity contribution is -0.135. The summed E-state index contributed by atoms with van der Waals surface area (Å²) in [6.07, 6.45) is 4.95. The summed E-state index contributed by atoms with van der Waals surface area (Å²) in [7, 11) is 0. The summed E-state index contributed by atoms with van der Waals surface area (Å²) in [5.74, 6) is 0.851. The third-order valence-corrected chi connectivity index (χ3v) is 5.29. The Labute approximate surface area is 131 Å². The highest BCUT2D eigenvalue weighted by atomic mass is 32.1. The summed E-state index contributed by atoms with van der Waals surface area (Å²) >= 11 is 5.08. The number of piperidine rings is 1. The molecule has 1 aliphatic heterocycles. The van der Waals surface area contributed by atoms with Gasteiger partial charge in [-0.2, -0.15) is 0 Å². The maximum absolute atomic E-state index is 12.5. The number of thiocarbonyl (C=S) groups is 1. The fourth-order valence-corrected chi connectivity index (χ4v) is 3.57. The second-order valence-corrected chi connectivity index (χ2v) is 6.81. The van der Waals surface area contributed by atoms with Crippen molar-refractivity contribution in [1.82, 2.24) is 4.90 Å². The molecule has 0 radical (unpaired) electrons. The van der Waals surface area contributed by atoms with Crippen molar-refractivity contribution < 1.29 is 4.79 Å². The predicted octanol–water partition coefficient (Wildman–Crippen LogP) is 2.53. The monoisotopic (exact) mass is 302 g/mol. The van der Waals surface area contributed by atoms with Crippen LogP contribution in [0.1, 0.15) is 31.2 Å². The molecule has 112 valence electrons. The largest absolute Gasteiger partial charge is 0.392 e. The van der Waals surface area contributed by atoms with Crippen molar-refractivity contribution in [2.24, 2.45) is 17.1 Å². The van der Waals surface area contributed by atoms with Gasteiger partial charge in [0.1, 0.15) is 0 Å².